The monoisotopic (exact) mass is 277 g/mol. The normalized spacial score (nSPS) is 11.0. The van der Waals surface area contributed by atoms with Gasteiger partial charge in [-0.2, -0.15) is 0 Å². The first-order chi connectivity index (χ1) is 9.92. The van der Waals surface area contributed by atoms with Crippen molar-refractivity contribution < 1.29 is 4.42 Å². The molecule has 96 valence electrons. The number of benzene rings is 2. The summed E-state index contributed by atoms with van der Waals surface area (Å²) in [5, 5.41) is 4.20. The molecule has 0 aliphatic heterocycles. The van der Waals surface area contributed by atoms with Crippen molar-refractivity contribution in [3.05, 3.63) is 66.2 Å². The molecule has 0 spiro atoms. The lowest BCUT2D eigenvalue weighted by molar-refractivity contribution is 0.617. The van der Waals surface area contributed by atoms with Gasteiger partial charge in [0.2, 0.25) is 0 Å². The average molecular weight is 277 g/mol. The van der Waals surface area contributed by atoms with E-state index in [9.17, 15) is 0 Å². The minimum Gasteiger partial charge on any atom is -0.464 e. The maximum atomic E-state index is 5.59. The molecule has 0 aliphatic rings. The molecular weight excluding hydrogens is 266 g/mol. The van der Waals surface area contributed by atoms with E-state index in [4.69, 9.17) is 9.40 Å². The highest BCUT2D eigenvalue weighted by atomic mass is 32.1. The molecule has 0 N–H and O–H groups in total. The lowest BCUT2D eigenvalue weighted by atomic mass is 10.1. The third-order valence-electron chi connectivity index (χ3n) is 3.29. The van der Waals surface area contributed by atoms with Crippen molar-refractivity contribution in [1.82, 2.24) is 4.98 Å². The molecule has 2 heterocycles. The maximum absolute atomic E-state index is 5.59. The van der Waals surface area contributed by atoms with Crippen LogP contribution in [0.25, 0.3) is 32.8 Å². The zero-order chi connectivity index (χ0) is 13.4. The molecule has 0 amide bonds. The van der Waals surface area contributed by atoms with Crippen LogP contribution in [0.4, 0.5) is 0 Å². The van der Waals surface area contributed by atoms with Gasteiger partial charge < -0.3 is 4.42 Å². The summed E-state index contributed by atoms with van der Waals surface area (Å²) in [6.07, 6.45) is 1.79. The Morgan fingerprint density at radius 2 is 1.70 bits per heavy atom. The van der Waals surface area contributed by atoms with Crippen LogP contribution in [0.5, 0.6) is 0 Å². The van der Waals surface area contributed by atoms with Gasteiger partial charge >= 0.3 is 0 Å². The second kappa shape index (κ2) is 4.62. The second-order valence-electron chi connectivity index (χ2n) is 4.55. The number of fused-ring (bicyclic) bond motifs is 1. The molecule has 2 aromatic heterocycles. The highest BCUT2D eigenvalue weighted by molar-refractivity contribution is 7.13. The van der Waals surface area contributed by atoms with Crippen LogP contribution in [0.1, 0.15) is 0 Å². The summed E-state index contributed by atoms with van der Waals surface area (Å²) in [6, 6.07) is 18.3. The quantitative estimate of drug-likeness (QED) is 0.502. The Morgan fingerprint density at radius 3 is 2.60 bits per heavy atom. The summed E-state index contributed by atoms with van der Waals surface area (Å²) in [6.45, 7) is 0. The van der Waals surface area contributed by atoms with Gasteiger partial charge in [-0.1, -0.05) is 48.5 Å². The minimum atomic E-state index is 0.902. The van der Waals surface area contributed by atoms with Crippen LogP contribution in [0.2, 0.25) is 0 Å². The van der Waals surface area contributed by atoms with E-state index in [-0.39, 0.29) is 0 Å². The van der Waals surface area contributed by atoms with Crippen LogP contribution in [0, 0.1) is 0 Å². The van der Waals surface area contributed by atoms with E-state index < -0.39 is 0 Å². The lowest BCUT2D eigenvalue weighted by Gasteiger charge is -1.94. The fourth-order valence-electron chi connectivity index (χ4n) is 2.28. The smallest absolute Gasteiger partial charge is 0.134 e. The summed E-state index contributed by atoms with van der Waals surface area (Å²) >= 11 is 1.65. The predicted molar refractivity (Wildman–Crippen MR) is 82.8 cm³/mol. The number of para-hydroxylation sites is 1. The summed E-state index contributed by atoms with van der Waals surface area (Å²) in [5.41, 5.74) is 4.12. The summed E-state index contributed by atoms with van der Waals surface area (Å²) in [7, 11) is 0. The molecule has 0 atom stereocenters. The molecule has 0 saturated carbocycles. The fourth-order valence-corrected chi connectivity index (χ4v) is 3.13. The highest BCUT2D eigenvalue weighted by Crippen LogP contribution is 2.34. The Hall–Kier alpha value is -2.39. The SMILES string of the molecule is c1ccc(-c2csc(-c3coc4ccccc34)n2)cc1. The van der Waals surface area contributed by atoms with E-state index in [1.54, 1.807) is 17.6 Å². The van der Waals surface area contributed by atoms with Crippen molar-refractivity contribution in [2.75, 3.05) is 0 Å². The van der Waals surface area contributed by atoms with Crippen LogP contribution in [0.3, 0.4) is 0 Å². The zero-order valence-corrected chi connectivity index (χ0v) is 11.4. The van der Waals surface area contributed by atoms with Gasteiger partial charge in [-0.15, -0.1) is 11.3 Å². The third-order valence-corrected chi connectivity index (χ3v) is 4.16. The molecule has 2 nitrogen and oxygen atoms in total. The van der Waals surface area contributed by atoms with Crippen molar-refractivity contribution in [2.24, 2.45) is 0 Å². The standard InChI is InChI=1S/C17H11NOS/c1-2-6-12(7-3-1)15-11-20-17(18-15)14-10-19-16-9-5-4-8-13(14)16/h1-11H. The zero-order valence-electron chi connectivity index (χ0n) is 10.6. The topological polar surface area (TPSA) is 26.0 Å². The van der Waals surface area contributed by atoms with E-state index in [2.05, 4.69) is 23.6 Å². The van der Waals surface area contributed by atoms with E-state index in [1.807, 2.05) is 36.4 Å². The number of thiazole rings is 1. The van der Waals surface area contributed by atoms with Gasteiger partial charge in [0, 0.05) is 16.3 Å². The number of furan rings is 1. The van der Waals surface area contributed by atoms with E-state index in [0.29, 0.717) is 0 Å². The van der Waals surface area contributed by atoms with E-state index in [0.717, 1.165) is 32.8 Å². The average Bonchev–Trinajstić information content (AvgIpc) is 3.14. The Balaban J connectivity index is 1.82. The summed E-state index contributed by atoms with van der Waals surface area (Å²) in [5.74, 6) is 0. The van der Waals surface area contributed by atoms with Gasteiger partial charge in [-0.3, -0.25) is 0 Å². The Bertz CT molecular complexity index is 861. The molecule has 20 heavy (non-hydrogen) atoms. The first-order valence-corrected chi connectivity index (χ1v) is 7.27. The summed E-state index contributed by atoms with van der Waals surface area (Å²) in [4.78, 5) is 4.73. The fraction of sp³-hybridized carbons (Fsp3) is 0. The van der Waals surface area contributed by atoms with E-state index in [1.165, 1.54) is 0 Å². The Labute approximate surface area is 120 Å². The third kappa shape index (κ3) is 1.84. The number of hydrogen-bond acceptors (Lipinski definition) is 3. The largest absolute Gasteiger partial charge is 0.464 e. The first kappa shape index (κ1) is 11.4. The minimum absolute atomic E-state index is 0.902. The van der Waals surface area contributed by atoms with Crippen LogP contribution in [0.15, 0.2) is 70.7 Å². The molecule has 4 aromatic rings. The van der Waals surface area contributed by atoms with Gasteiger partial charge in [0.05, 0.1) is 11.3 Å². The number of hydrogen-bond donors (Lipinski definition) is 0. The maximum Gasteiger partial charge on any atom is 0.134 e. The van der Waals surface area contributed by atoms with Crippen LogP contribution < -0.4 is 0 Å². The van der Waals surface area contributed by atoms with Crippen molar-refractivity contribution in [2.45, 2.75) is 0 Å². The second-order valence-corrected chi connectivity index (χ2v) is 5.41. The number of nitrogens with zero attached hydrogens (tertiary/aromatic N) is 1. The molecule has 0 radical (unpaired) electrons. The molecule has 0 saturated heterocycles. The van der Waals surface area contributed by atoms with Crippen molar-refractivity contribution >= 4 is 22.3 Å². The molecule has 3 heteroatoms. The van der Waals surface area contributed by atoms with Gasteiger partial charge in [0.15, 0.2) is 0 Å². The van der Waals surface area contributed by atoms with Crippen molar-refractivity contribution in [1.29, 1.82) is 0 Å². The molecule has 0 aliphatic carbocycles. The Kier molecular flexibility index (Phi) is 2.64. The molecule has 0 bridgehead atoms. The highest BCUT2D eigenvalue weighted by Gasteiger charge is 2.12. The van der Waals surface area contributed by atoms with Crippen LogP contribution in [-0.4, -0.2) is 4.98 Å². The molecule has 0 unspecified atom stereocenters. The van der Waals surface area contributed by atoms with Crippen molar-refractivity contribution in [3.63, 3.8) is 0 Å². The number of rotatable bonds is 2. The first-order valence-electron chi connectivity index (χ1n) is 6.39. The van der Waals surface area contributed by atoms with Gasteiger partial charge in [0.25, 0.3) is 0 Å². The molecule has 4 rings (SSSR count). The van der Waals surface area contributed by atoms with E-state index >= 15 is 0 Å². The Morgan fingerprint density at radius 1 is 0.900 bits per heavy atom. The lowest BCUT2D eigenvalue weighted by Crippen LogP contribution is -1.78. The molecule has 2 aromatic carbocycles. The predicted octanol–water partition coefficient (Wildman–Crippen LogP) is 5.22. The van der Waals surface area contributed by atoms with Gasteiger partial charge in [-0.05, 0) is 6.07 Å². The summed E-state index contributed by atoms with van der Waals surface area (Å²) < 4.78 is 5.59. The van der Waals surface area contributed by atoms with Gasteiger partial charge in [0.1, 0.15) is 16.9 Å². The number of aromatic nitrogens is 1. The molecule has 0 fully saturated rings. The van der Waals surface area contributed by atoms with Gasteiger partial charge in [-0.25, -0.2) is 4.98 Å². The van der Waals surface area contributed by atoms with Crippen molar-refractivity contribution in [3.8, 4) is 21.8 Å². The van der Waals surface area contributed by atoms with Crippen LogP contribution >= 0.6 is 11.3 Å². The molecular formula is C17H11NOS. The van der Waals surface area contributed by atoms with Crippen LogP contribution in [-0.2, 0) is 0 Å².